The molecule has 2 N–H and O–H groups in total. The molecular weight excluding hydrogens is 338 g/mol. The number of benzene rings is 1. The smallest absolute Gasteiger partial charge is 0.324 e. The van der Waals surface area contributed by atoms with Crippen LogP contribution in [0, 0.1) is 0 Å². The minimum Gasteiger partial charge on any atom is -0.324 e. The van der Waals surface area contributed by atoms with E-state index >= 15 is 0 Å². The fraction of sp³-hybridized carbons (Fsp3) is 0. The van der Waals surface area contributed by atoms with E-state index in [0.717, 1.165) is 0 Å². The van der Waals surface area contributed by atoms with Crippen molar-refractivity contribution in [1.29, 1.82) is 0 Å². The molecule has 11 heteroatoms. The number of aromatic nitrogens is 3. The van der Waals surface area contributed by atoms with Crippen molar-refractivity contribution in [1.82, 2.24) is 15.0 Å². The van der Waals surface area contributed by atoms with Crippen LogP contribution in [0.4, 0.5) is 11.6 Å². The van der Waals surface area contributed by atoms with Crippen LogP contribution in [0.15, 0.2) is 29.2 Å². The molecule has 0 radical (unpaired) electrons. The Labute approximate surface area is 146 Å². The van der Waals surface area contributed by atoms with Gasteiger partial charge in [-0.1, -0.05) is 6.07 Å². The number of rotatable bonds is 3. The summed E-state index contributed by atoms with van der Waals surface area (Å²) in [6.07, 6.45) is 0. The Bertz CT molecular complexity index is 709. The minimum absolute atomic E-state index is 0. The van der Waals surface area contributed by atoms with Crippen LogP contribution in [0.3, 0.4) is 0 Å². The predicted molar refractivity (Wildman–Crippen MR) is 69.4 cm³/mol. The molecule has 0 saturated heterocycles. The number of hydrogen-bond donors (Lipinski definition) is 2. The number of halogens is 2. The summed E-state index contributed by atoms with van der Waals surface area (Å²) in [5.41, 5.74) is 0.341. The van der Waals surface area contributed by atoms with Crippen molar-refractivity contribution in [3.8, 4) is 0 Å². The zero-order valence-corrected chi connectivity index (χ0v) is 14.4. The normalized spacial score (nSPS) is 10.8. The molecule has 0 aliphatic heterocycles. The largest absolute Gasteiger partial charge is 1.00 e. The third kappa shape index (κ3) is 4.81. The van der Waals surface area contributed by atoms with Gasteiger partial charge in [-0.05, 0) is 41.4 Å². The van der Waals surface area contributed by atoms with Crippen LogP contribution in [0.5, 0.6) is 0 Å². The summed E-state index contributed by atoms with van der Waals surface area (Å²) in [6.45, 7) is 0. The molecule has 0 saturated carbocycles. The molecule has 0 aliphatic rings. The first-order valence-corrected chi connectivity index (χ1v) is 6.96. The van der Waals surface area contributed by atoms with Crippen molar-refractivity contribution in [3.05, 3.63) is 34.8 Å². The quantitative estimate of drug-likeness (QED) is 0.553. The summed E-state index contributed by atoms with van der Waals surface area (Å²) in [7, 11) is -4.28. The van der Waals surface area contributed by atoms with E-state index in [1.165, 1.54) is 18.2 Å². The molecular formula is C9H6Cl2N4NaO3S+. The molecule has 20 heavy (non-hydrogen) atoms. The Balaban J connectivity index is 0.00000200. The summed E-state index contributed by atoms with van der Waals surface area (Å²) < 4.78 is 30.9. The Morgan fingerprint density at radius 2 is 1.70 bits per heavy atom. The van der Waals surface area contributed by atoms with E-state index in [-0.39, 0.29) is 51.0 Å². The SMILES string of the molecule is O=S(=O)(O)c1cccc(Nc2nc(Cl)nc(Cl)n2)c1.[Na+]. The van der Waals surface area contributed by atoms with Crippen LogP contribution in [0.25, 0.3) is 0 Å². The van der Waals surface area contributed by atoms with Gasteiger partial charge in [-0.2, -0.15) is 23.4 Å². The molecule has 0 spiro atoms. The van der Waals surface area contributed by atoms with Gasteiger partial charge in [0.1, 0.15) is 0 Å². The van der Waals surface area contributed by atoms with Gasteiger partial charge in [-0.15, -0.1) is 0 Å². The van der Waals surface area contributed by atoms with Gasteiger partial charge < -0.3 is 5.32 Å². The first-order valence-electron chi connectivity index (χ1n) is 4.76. The molecule has 1 aromatic heterocycles. The Kier molecular flexibility index (Phi) is 6.14. The van der Waals surface area contributed by atoms with Crippen LogP contribution in [-0.2, 0) is 10.1 Å². The van der Waals surface area contributed by atoms with E-state index in [9.17, 15) is 8.42 Å². The van der Waals surface area contributed by atoms with Crippen molar-refractivity contribution < 1.29 is 42.5 Å². The van der Waals surface area contributed by atoms with Crippen LogP contribution < -0.4 is 34.9 Å². The zero-order chi connectivity index (χ0) is 14.0. The molecule has 1 heterocycles. The maximum Gasteiger partial charge on any atom is 1.00 e. The van der Waals surface area contributed by atoms with Crippen molar-refractivity contribution in [2.45, 2.75) is 4.90 Å². The molecule has 100 valence electrons. The summed E-state index contributed by atoms with van der Waals surface area (Å²) >= 11 is 11.2. The second-order valence-corrected chi connectivity index (χ2v) is 5.42. The van der Waals surface area contributed by atoms with Crippen LogP contribution in [0.2, 0.25) is 10.6 Å². The van der Waals surface area contributed by atoms with E-state index in [4.69, 9.17) is 27.8 Å². The van der Waals surface area contributed by atoms with Gasteiger partial charge in [-0.3, -0.25) is 4.55 Å². The monoisotopic (exact) mass is 343 g/mol. The molecule has 0 atom stereocenters. The second kappa shape index (κ2) is 6.99. The zero-order valence-electron chi connectivity index (χ0n) is 10.1. The van der Waals surface area contributed by atoms with Gasteiger partial charge in [0.25, 0.3) is 10.1 Å². The van der Waals surface area contributed by atoms with Crippen molar-refractivity contribution >= 4 is 45.0 Å². The number of anilines is 2. The topological polar surface area (TPSA) is 105 Å². The number of hydrogen-bond acceptors (Lipinski definition) is 6. The summed E-state index contributed by atoms with van der Waals surface area (Å²) in [6, 6.07) is 5.45. The molecule has 0 unspecified atom stereocenters. The average molecular weight is 344 g/mol. The van der Waals surface area contributed by atoms with Crippen molar-refractivity contribution in [3.63, 3.8) is 0 Å². The molecule has 1 aromatic carbocycles. The van der Waals surface area contributed by atoms with E-state index in [1.54, 1.807) is 6.07 Å². The average Bonchev–Trinajstić information content (AvgIpc) is 2.26. The van der Waals surface area contributed by atoms with Gasteiger partial charge in [0.05, 0.1) is 4.90 Å². The Morgan fingerprint density at radius 1 is 1.10 bits per heavy atom. The minimum atomic E-state index is -4.28. The van der Waals surface area contributed by atoms with E-state index in [1.807, 2.05) is 0 Å². The van der Waals surface area contributed by atoms with Crippen molar-refractivity contribution in [2.24, 2.45) is 0 Å². The Morgan fingerprint density at radius 3 is 2.25 bits per heavy atom. The van der Waals surface area contributed by atoms with Crippen molar-refractivity contribution in [2.75, 3.05) is 5.32 Å². The first kappa shape index (κ1) is 17.6. The summed E-state index contributed by atoms with van der Waals surface area (Å²) in [4.78, 5) is 10.8. The van der Waals surface area contributed by atoms with Crippen LogP contribution in [0.1, 0.15) is 0 Å². The Hall–Kier alpha value is -0.480. The number of nitrogens with zero attached hydrogens (tertiary/aromatic N) is 3. The van der Waals surface area contributed by atoms with E-state index < -0.39 is 10.1 Å². The molecule has 0 amide bonds. The maximum absolute atomic E-state index is 11.0. The third-order valence-electron chi connectivity index (χ3n) is 1.97. The van der Waals surface area contributed by atoms with Gasteiger partial charge in [-0.25, -0.2) is 0 Å². The van der Waals surface area contributed by atoms with Gasteiger partial charge in [0.15, 0.2) is 0 Å². The van der Waals surface area contributed by atoms with Gasteiger partial charge >= 0.3 is 29.6 Å². The molecule has 0 fully saturated rings. The van der Waals surface area contributed by atoms with E-state index in [2.05, 4.69) is 20.3 Å². The summed E-state index contributed by atoms with van der Waals surface area (Å²) in [5.74, 6) is 0.0532. The molecule has 2 rings (SSSR count). The number of nitrogens with one attached hydrogen (secondary N) is 1. The fourth-order valence-corrected chi connectivity index (χ4v) is 2.14. The molecule has 0 aliphatic carbocycles. The van der Waals surface area contributed by atoms with Crippen LogP contribution >= 0.6 is 23.2 Å². The first-order chi connectivity index (χ1) is 8.84. The molecule has 2 aromatic rings. The third-order valence-corrected chi connectivity index (χ3v) is 3.16. The molecule has 7 nitrogen and oxygen atoms in total. The summed E-state index contributed by atoms with van der Waals surface area (Å²) in [5, 5.41) is 2.48. The van der Waals surface area contributed by atoms with Gasteiger partial charge in [0, 0.05) is 5.69 Å². The van der Waals surface area contributed by atoms with Gasteiger partial charge in [0.2, 0.25) is 16.5 Å². The van der Waals surface area contributed by atoms with E-state index in [0.29, 0.717) is 5.69 Å². The predicted octanol–water partition coefficient (Wildman–Crippen LogP) is -0.827. The maximum atomic E-state index is 11.0. The van der Waals surface area contributed by atoms with Crippen LogP contribution in [-0.4, -0.2) is 27.9 Å². The second-order valence-electron chi connectivity index (χ2n) is 3.32. The molecule has 0 bridgehead atoms. The standard InChI is InChI=1S/C9H6Cl2N4O3S.Na/c10-7-13-8(11)15-9(14-7)12-5-2-1-3-6(4-5)19(16,17)18;/h1-4H,(H,16,17,18)(H,12,13,14,15);/q;+1. The fourth-order valence-electron chi connectivity index (χ4n) is 1.25.